The number of piperidine rings is 1. The fraction of sp³-hybridized carbons (Fsp3) is 0.867. The van der Waals surface area contributed by atoms with Crippen LogP contribution in [0, 0.1) is 0 Å². The van der Waals surface area contributed by atoms with Gasteiger partial charge in [0.25, 0.3) is 5.88 Å². The third-order valence-corrected chi connectivity index (χ3v) is 6.08. The molecule has 2 aliphatic heterocycles. The fourth-order valence-electron chi connectivity index (χ4n) is 3.64. The zero-order valence-corrected chi connectivity index (χ0v) is 15.9. The van der Waals surface area contributed by atoms with Crippen molar-refractivity contribution in [1.29, 1.82) is 0 Å². The number of hydroxylamine groups is 2. The standard InChI is InChI=1S/C15H26N4O2S2/c1-14(2)9-11(10-15(3,4)19(14)20)21-13-12(16-23-17-13)18-5-7-22-8-6-18/h11,20H,5-10H2,1-4H3. The zero-order valence-electron chi connectivity index (χ0n) is 14.3. The minimum atomic E-state index is -0.322. The summed E-state index contributed by atoms with van der Waals surface area (Å²) >= 11 is 3.19. The Hall–Kier alpha value is -0.570. The van der Waals surface area contributed by atoms with Gasteiger partial charge >= 0.3 is 0 Å². The van der Waals surface area contributed by atoms with Crippen LogP contribution in [0.25, 0.3) is 0 Å². The molecule has 0 spiro atoms. The van der Waals surface area contributed by atoms with Crippen molar-refractivity contribution in [2.75, 3.05) is 29.5 Å². The summed E-state index contributed by atoms with van der Waals surface area (Å²) in [7, 11) is 0. The monoisotopic (exact) mass is 358 g/mol. The van der Waals surface area contributed by atoms with Crippen LogP contribution in [0.5, 0.6) is 5.88 Å². The van der Waals surface area contributed by atoms with Crippen LogP contribution in [0.4, 0.5) is 5.82 Å². The molecule has 0 radical (unpaired) electrons. The van der Waals surface area contributed by atoms with E-state index in [1.165, 1.54) is 16.8 Å². The van der Waals surface area contributed by atoms with Crippen LogP contribution < -0.4 is 9.64 Å². The largest absolute Gasteiger partial charge is 0.471 e. The van der Waals surface area contributed by atoms with Gasteiger partial charge in [0.05, 0.1) is 11.7 Å². The summed E-state index contributed by atoms with van der Waals surface area (Å²) in [5.74, 6) is 3.79. The Morgan fingerprint density at radius 1 is 1.09 bits per heavy atom. The molecule has 3 heterocycles. The van der Waals surface area contributed by atoms with Gasteiger partial charge < -0.3 is 14.8 Å². The Labute approximate surface area is 146 Å². The average molecular weight is 359 g/mol. The molecule has 0 atom stereocenters. The van der Waals surface area contributed by atoms with Crippen LogP contribution in [0.2, 0.25) is 0 Å². The third kappa shape index (κ3) is 3.60. The summed E-state index contributed by atoms with van der Waals surface area (Å²) < 4.78 is 15.1. The van der Waals surface area contributed by atoms with Crippen molar-refractivity contribution in [3.8, 4) is 5.88 Å². The number of aromatic nitrogens is 2. The number of nitrogens with zero attached hydrogens (tertiary/aromatic N) is 4. The first kappa shape index (κ1) is 17.3. The van der Waals surface area contributed by atoms with Gasteiger partial charge in [-0.05, 0) is 27.7 Å². The maximum atomic E-state index is 10.4. The highest BCUT2D eigenvalue weighted by molar-refractivity contribution is 7.99. The second-order valence-corrected chi connectivity index (χ2v) is 9.33. The van der Waals surface area contributed by atoms with Crippen molar-refractivity contribution in [3.63, 3.8) is 0 Å². The first-order valence-corrected chi connectivity index (χ1v) is 9.99. The van der Waals surface area contributed by atoms with Gasteiger partial charge in [0.1, 0.15) is 6.10 Å². The van der Waals surface area contributed by atoms with E-state index < -0.39 is 0 Å². The molecule has 2 saturated heterocycles. The summed E-state index contributed by atoms with van der Waals surface area (Å²) in [5, 5.41) is 11.9. The Bertz CT molecular complexity index is 525. The van der Waals surface area contributed by atoms with Crippen molar-refractivity contribution < 1.29 is 9.94 Å². The topological polar surface area (TPSA) is 61.7 Å². The molecule has 6 nitrogen and oxygen atoms in total. The highest BCUT2D eigenvalue weighted by Crippen LogP contribution is 2.39. The summed E-state index contributed by atoms with van der Waals surface area (Å²) in [5.41, 5.74) is -0.643. The minimum Gasteiger partial charge on any atom is -0.471 e. The molecule has 0 amide bonds. The van der Waals surface area contributed by atoms with Crippen molar-refractivity contribution in [3.05, 3.63) is 0 Å². The summed E-state index contributed by atoms with van der Waals surface area (Å²) in [4.78, 5) is 2.27. The van der Waals surface area contributed by atoms with Crippen LogP contribution in [0.1, 0.15) is 40.5 Å². The Morgan fingerprint density at radius 2 is 1.70 bits per heavy atom. The molecule has 1 aromatic rings. The minimum absolute atomic E-state index is 0.0326. The van der Waals surface area contributed by atoms with Crippen molar-refractivity contribution in [2.24, 2.45) is 0 Å². The molecule has 1 N–H and O–H groups in total. The molecule has 2 aliphatic rings. The van der Waals surface area contributed by atoms with Crippen molar-refractivity contribution in [1.82, 2.24) is 13.8 Å². The Kier molecular flexibility index (Phi) is 4.79. The third-order valence-electron chi connectivity index (χ3n) is 4.63. The van der Waals surface area contributed by atoms with E-state index in [0.29, 0.717) is 5.88 Å². The first-order valence-electron chi connectivity index (χ1n) is 8.11. The molecule has 0 aliphatic carbocycles. The van der Waals surface area contributed by atoms with Gasteiger partial charge in [-0.15, -0.1) is 4.37 Å². The highest BCUT2D eigenvalue weighted by atomic mass is 32.2. The van der Waals surface area contributed by atoms with E-state index in [1.807, 2.05) is 39.5 Å². The molecule has 2 fully saturated rings. The van der Waals surface area contributed by atoms with E-state index in [1.54, 1.807) is 0 Å². The van der Waals surface area contributed by atoms with Crippen LogP contribution in [0.15, 0.2) is 0 Å². The van der Waals surface area contributed by atoms with E-state index >= 15 is 0 Å². The number of anilines is 1. The second kappa shape index (κ2) is 6.38. The summed E-state index contributed by atoms with van der Waals surface area (Å²) in [6.45, 7) is 10.2. The predicted octanol–water partition coefficient (Wildman–Crippen LogP) is 2.88. The van der Waals surface area contributed by atoms with E-state index in [-0.39, 0.29) is 17.2 Å². The summed E-state index contributed by atoms with van der Waals surface area (Å²) in [6.07, 6.45) is 1.56. The van der Waals surface area contributed by atoms with Crippen LogP contribution in [0.3, 0.4) is 0 Å². The molecular weight excluding hydrogens is 332 g/mol. The Morgan fingerprint density at radius 3 is 2.30 bits per heavy atom. The van der Waals surface area contributed by atoms with Gasteiger partial charge in [-0.1, -0.05) is 0 Å². The average Bonchev–Trinajstić information content (AvgIpc) is 2.93. The highest BCUT2D eigenvalue weighted by Gasteiger charge is 2.46. The molecule has 0 saturated carbocycles. The second-order valence-electron chi connectivity index (χ2n) is 7.58. The SMILES string of the molecule is CC1(C)CC(Oc2nsnc2N2CCSCC2)CC(C)(C)N1O. The van der Waals surface area contributed by atoms with Gasteiger partial charge in [-0.2, -0.15) is 21.2 Å². The lowest BCUT2D eigenvalue weighted by atomic mass is 9.80. The van der Waals surface area contributed by atoms with E-state index in [4.69, 9.17) is 4.74 Å². The number of rotatable bonds is 3. The van der Waals surface area contributed by atoms with Gasteiger partial charge in [-0.3, -0.25) is 0 Å². The molecule has 8 heteroatoms. The van der Waals surface area contributed by atoms with Gasteiger partial charge in [0.2, 0.25) is 5.82 Å². The molecule has 1 aromatic heterocycles. The lowest BCUT2D eigenvalue weighted by molar-refractivity contribution is -0.255. The van der Waals surface area contributed by atoms with Crippen molar-refractivity contribution >= 4 is 29.3 Å². The maximum absolute atomic E-state index is 10.4. The number of thioether (sulfide) groups is 1. The number of ether oxygens (including phenoxy) is 1. The molecule has 0 unspecified atom stereocenters. The maximum Gasteiger partial charge on any atom is 0.271 e. The lowest BCUT2D eigenvalue weighted by Gasteiger charge is -2.51. The van der Waals surface area contributed by atoms with Crippen LogP contribution >= 0.6 is 23.5 Å². The fourth-order valence-corrected chi connectivity index (χ4v) is 5.05. The van der Waals surface area contributed by atoms with E-state index in [0.717, 1.165) is 43.3 Å². The summed E-state index contributed by atoms with van der Waals surface area (Å²) in [6, 6.07) is 0. The molecule has 3 rings (SSSR count). The smallest absolute Gasteiger partial charge is 0.271 e. The molecular formula is C15H26N4O2S2. The molecule has 130 valence electrons. The molecule has 0 bridgehead atoms. The molecule has 23 heavy (non-hydrogen) atoms. The quantitative estimate of drug-likeness (QED) is 0.891. The normalized spacial score (nSPS) is 25.5. The van der Waals surface area contributed by atoms with Crippen molar-refractivity contribution in [2.45, 2.75) is 57.7 Å². The first-order chi connectivity index (χ1) is 10.8. The van der Waals surface area contributed by atoms with Gasteiger partial charge in [0.15, 0.2) is 0 Å². The number of hydrogen-bond donors (Lipinski definition) is 1. The van der Waals surface area contributed by atoms with Gasteiger partial charge in [-0.25, -0.2) is 0 Å². The molecule has 0 aromatic carbocycles. The van der Waals surface area contributed by atoms with E-state index in [9.17, 15) is 5.21 Å². The van der Waals surface area contributed by atoms with Crippen LogP contribution in [-0.4, -0.2) is 60.8 Å². The van der Waals surface area contributed by atoms with E-state index in [2.05, 4.69) is 13.6 Å². The predicted molar refractivity (Wildman–Crippen MR) is 94.9 cm³/mol. The zero-order chi connectivity index (χ0) is 16.7. The van der Waals surface area contributed by atoms with Gasteiger partial charge in [0, 0.05) is 48.5 Å². The number of hydrogen-bond acceptors (Lipinski definition) is 8. The lowest BCUT2D eigenvalue weighted by Crippen LogP contribution is -2.61. The van der Waals surface area contributed by atoms with Crippen LogP contribution in [-0.2, 0) is 0 Å². The Balaban J connectivity index is 1.74.